The number of hydrogen-bond acceptors (Lipinski definition) is 2. The van der Waals surface area contributed by atoms with Crippen molar-refractivity contribution in [3.05, 3.63) is 90.0 Å². The van der Waals surface area contributed by atoms with E-state index in [4.69, 9.17) is 5.73 Å². The van der Waals surface area contributed by atoms with E-state index in [1.54, 1.807) is 19.2 Å². The monoisotopic (exact) mass is 345 g/mol. The van der Waals surface area contributed by atoms with Crippen LogP contribution in [0.1, 0.15) is 16.7 Å². The van der Waals surface area contributed by atoms with Crippen LogP contribution in [0.4, 0.5) is 4.39 Å². The number of rotatable bonds is 4. The van der Waals surface area contributed by atoms with E-state index in [9.17, 15) is 4.39 Å². The molecule has 2 aromatic carbocycles. The predicted octanol–water partition coefficient (Wildman–Crippen LogP) is 5.02. The Morgan fingerprint density at radius 2 is 1.88 bits per heavy atom. The molecule has 0 saturated carbocycles. The molecule has 0 spiro atoms. The molecule has 0 amide bonds. The number of nitrogens with zero attached hydrogens (tertiary/aromatic N) is 2. The fourth-order valence-electron chi connectivity index (χ4n) is 2.95. The van der Waals surface area contributed by atoms with Gasteiger partial charge in [0.05, 0.1) is 5.69 Å². The number of pyridine rings is 1. The Morgan fingerprint density at radius 3 is 2.65 bits per heavy atom. The van der Waals surface area contributed by atoms with Gasteiger partial charge in [0.1, 0.15) is 11.7 Å². The molecule has 1 aromatic heterocycles. The van der Waals surface area contributed by atoms with Crippen molar-refractivity contribution in [3.8, 4) is 22.4 Å². The smallest absolute Gasteiger partial charge is 0.130 e. The third kappa shape index (κ3) is 3.26. The Kier molecular flexibility index (Phi) is 4.94. The maximum atomic E-state index is 14.0. The standard InChI is InChI=1S/C22H20FN3/c1-4-25-22(24)19-13-16(11-10-14(19)2)18-8-6-12-26-21(18)17-7-5-9-20(23)15(17)3/h4-13H,1H2,2-3H3,(H2,24,25). The number of hydrogen-bond donors (Lipinski definition) is 1. The van der Waals surface area contributed by atoms with Crippen LogP contribution in [0.25, 0.3) is 22.4 Å². The highest BCUT2D eigenvalue weighted by molar-refractivity contribution is 6.00. The zero-order valence-corrected chi connectivity index (χ0v) is 14.8. The molecule has 0 atom stereocenters. The molecule has 0 aliphatic carbocycles. The predicted molar refractivity (Wildman–Crippen MR) is 105 cm³/mol. The zero-order valence-electron chi connectivity index (χ0n) is 14.8. The molecule has 3 rings (SSSR count). The summed E-state index contributed by atoms with van der Waals surface area (Å²) >= 11 is 0. The Balaban J connectivity index is 2.21. The van der Waals surface area contributed by atoms with Gasteiger partial charge in [-0.2, -0.15) is 0 Å². The van der Waals surface area contributed by atoms with Gasteiger partial charge in [0.15, 0.2) is 0 Å². The number of nitrogens with two attached hydrogens (primary N) is 1. The Labute approximate surface area is 152 Å². The molecule has 3 aromatic rings. The first-order valence-corrected chi connectivity index (χ1v) is 8.29. The fraction of sp³-hybridized carbons (Fsp3) is 0.0909. The van der Waals surface area contributed by atoms with Gasteiger partial charge in [-0.3, -0.25) is 4.98 Å². The largest absolute Gasteiger partial charge is 0.383 e. The number of aryl methyl sites for hydroxylation is 1. The minimum Gasteiger partial charge on any atom is -0.383 e. The van der Waals surface area contributed by atoms with Crippen molar-refractivity contribution in [1.29, 1.82) is 0 Å². The fourth-order valence-corrected chi connectivity index (χ4v) is 2.95. The average molecular weight is 345 g/mol. The summed E-state index contributed by atoms with van der Waals surface area (Å²) in [6.07, 6.45) is 3.14. The van der Waals surface area contributed by atoms with E-state index in [-0.39, 0.29) is 5.82 Å². The highest BCUT2D eigenvalue weighted by Crippen LogP contribution is 2.33. The minimum absolute atomic E-state index is 0.244. The quantitative estimate of drug-likeness (QED) is 0.533. The first-order valence-electron chi connectivity index (χ1n) is 8.29. The number of halogens is 1. The molecule has 26 heavy (non-hydrogen) atoms. The molecular weight excluding hydrogens is 325 g/mol. The van der Waals surface area contributed by atoms with Crippen molar-refractivity contribution >= 4 is 5.84 Å². The van der Waals surface area contributed by atoms with Crippen LogP contribution in [0.5, 0.6) is 0 Å². The lowest BCUT2D eigenvalue weighted by molar-refractivity contribution is 0.619. The van der Waals surface area contributed by atoms with Gasteiger partial charge < -0.3 is 5.73 Å². The van der Waals surface area contributed by atoms with Crippen molar-refractivity contribution < 1.29 is 4.39 Å². The second-order valence-electron chi connectivity index (χ2n) is 6.04. The number of aromatic nitrogens is 1. The summed E-state index contributed by atoms with van der Waals surface area (Å²) in [6.45, 7) is 7.34. The van der Waals surface area contributed by atoms with Crippen LogP contribution in [-0.4, -0.2) is 10.8 Å². The molecule has 0 unspecified atom stereocenters. The summed E-state index contributed by atoms with van der Waals surface area (Å²) in [4.78, 5) is 8.61. The van der Waals surface area contributed by atoms with Crippen molar-refractivity contribution in [1.82, 2.24) is 4.98 Å². The van der Waals surface area contributed by atoms with Crippen LogP contribution < -0.4 is 5.73 Å². The van der Waals surface area contributed by atoms with Gasteiger partial charge >= 0.3 is 0 Å². The molecule has 0 fully saturated rings. The molecule has 2 N–H and O–H groups in total. The molecule has 0 aliphatic heterocycles. The number of aliphatic imine (C=N–C) groups is 1. The van der Waals surface area contributed by atoms with Crippen molar-refractivity contribution in [2.24, 2.45) is 10.7 Å². The van der Waals surface area contributed by atoms with Gasteiger partial charge in [0.2, 0.25) is 0 Å². The third-order valence-electron chi connectivity index (χ3n) is 4.39. The summed E-state index contributed by atoms with van der Waals surface area (Å²) in [6, 6.07) is 14.9. The lowest BCUT2D eigenvalue weighted by Gasteiger charge is -2.13. The summed E-state index contributed by atoms with van der Waals surface area (Å²) in [5.74, 6) is 0.165. The maximum Gasteiger partial charge on any atom is 0.130 e. The molecule has 130 valence electrons. The molecule has 0 radical (unpaired) electrons. The Hall–Kier alpha value is -3.27. The Bertz CT molecular complexity index is 1010. The van der Waals surface area contributed by atoms with Crippen LogP contribution in [0, 0.1) is 19.7 Å². The van der Waals surface area contributed by atoms with Crippen LogP contribution in [0.15, 0.2) is 72.5 Å². The van der Waals surface area contributed by atoms with E-state index in [1.807, 2.05) is 43.3 Å². The van der Waals surface area contributed by atoms with Gasteiger partial charge in [-0.25, -0.2) is 9.38 Å². The number of amidine groups is 1. The van der Waals surface area contributed by atoms with Gasteiger partial charge in [-0.1, -0.05) is 36.9 Å². The van der Waals surface area contributed by atoms with E-state index >= 15 is 0 Å². The third-order valence-corrected chi connectivity index (χ3v) is 4.39. The molecule has 0 bridgehead atoms. The molecule has 0 aliphatic rings. The number of benzene rings is 2. The molecule has 4 heteroatoms. The van der Waals surface area contributed by atoms with Crippen LogP contribution >= 0.6 is 0 Å². The van der Waals surface area contributed by atoms with Gasteiger partial charge in [-0.15, -0.1) is 0 Å². The normalized spacial score (nSPS) is 11.4. The summed E-state index contributed by atoms with van der Waals surface area (Å²) < 4.78 is 14.0. The van der Waals surface area contributed by atoms with E-state index in [0.717, 1.165) is 33.5 Å². The summed E-state index contributed by atoms with van der Waals surface area (Å²) in [7, 11) is 0. The summed E-state index contributed by atoms with van der Waals surface area (Å²) in [5, 5.41) is 0. The second kappa shape index (κ2) is 7.31. The maximum absolute atomic E-state index is 14.0. The van der Waals surface area contributed by atoms with E-state index in [1.165, 1.54) is 12.3 Å². The van der Waals surface area contributed by atoms with Crippen LogP contribution in [0.3, 0.4) is 0 Å². The summed E-state index contributed by atoms with van der Waals surface area (Å²) in [5.41, 5.74) is 11.9. The van der Waals surface area contributed by atoms with Crippen molar-refractivity contribution in [3.63, 3.8) is 0 Å². The lowest BCUT2D eigenvalue weighted by Crippen LogP contribution is -2.14. The highest BCUT2D eigenvalue weighted by Gasteiger charge is 2.14. The van der Waals surface area contributed by atoms with E-state index < -0.39 is 0 Å². The minimum atomic E-state index is -0.244. The first-order chi connectivity index (χ1) is 12.5. The molecule has 1 heterocycles. The molecular formula is C22H20FN3. The van der Waals surface area contributed by atoms with Crippen LogP contribution in [0.2, 0.25) is 0 Å². The average Bonchev–Trinajstić information content (AvgIpc) is 2.65. The van der Waals surface area contributed by atoms with E-state index in [2.05, 4.69) is 16.6 Å². The lowest BCUT2D eigenvalue weighted by atomic mass is 9.94. The SMILES string of the molecule is C=C/N=C(/N)c1cc(-c2cccnc2-c2cccc(F)c2C)ccc1C. The van der Waals surface area contributed by atoms with Crippen molar-refractivity contribution in [2.45, 2.75) is 13.8 Å². The Morgan fingerprint density at radius 1 is 1.12 bits per heavy atom. The topological polar surface area (TPSA) is 51.3 Å². The highest BCUT2D eigenvalue weighted by atomic mass is 19.1. The zero-order chi connectivity index (χ0) is 18.7. The van der Waals surface area contributed by atoms with Gasteiger partial charge in [-0.05, 0) is 48.7 Å². The van der Waals surface area contributed by atoms with Crippen LogP contribution in [-0.2, 0) is 0 Å². The van der Waals surface area contributed by atoms with Gasteiger partial charge in [0.25, 0.3) is 0 Å². The first kappa shape index (κ1) is 17.5. The van der Waals surface area contributed by atoms with Crippen molar-refractivity contribution in [2.75, 3.05) is 0 Å². The molecule has 0 saturated heterocycles. The van der Waals surface area contributed by atoms with E-state index in [0.29, 0.717) is 11.4 Å². The van der Waals surface area contributed by atoms with Gasteiger partial charge in [0, 0.05) is 29.1 Å². The molecule has 3 nitrogen and oxygen atoms in total. The second-order valence-corrected chi connectivity index (χ2v) is 6.04.